The number of rotatable bonds is 5. The van der Waals surface area contributed by atoms with Crippen molar-refractivity contribution in [2.45, 2.75) is 19.3 Å². The van der Waals surface area contributed by atoms with Gasteiger partial charge in [-0.15, -0.1) is 0 Å². The first-order valence-electron chi connectivity index (χ1n) is 8.60. The van der Waals surface area contributed by atoms with E-state index in [0.717, 1.165) is 35.1 Å². The Morgan fingerprint density at radius 1 is 1.22 bits per heavy atom. The van der Waals surface area contributed by atoms with Crippen LogP contribution in [0.5, 0.6) is 0 Å². The van der Waals surface area contributed by atoms with Crippen LogP contribution in [0, 0.1) is 0 Å². The molecule has 0 saturated carbocycles. The predicted molar refractivity (Wildman–Crippen MR) is 91.9 cm³/mol. The van der Waals surface area contributed by atoms with Gasteiger partial charge in [0.05, 0.1) is 18.8 Å². The van der Waals surface area contributed by atoms with Crippen molar-refractivity contribution in [2.75, 3.05) is 26.3 Å². The smallest absolute Gasteiger partial charge is 0.379 e. The van der Waals surface area contributed by atoms with Gasteiger partial charge < -0.3 is 10.1 Å². The number of aryl methyl sites for hydroxylation is 1. The fraction of sp³-hybridized carbons (Fsp3) is 0.444. The molecule has 2 heterocycles. The number of carbonyl (C=O) groups excluding carboxylic acids is 1. The summed E-state index contributed by atoms with van der Waals surface area (Å²) in [6, 6.07) is 7.58. The van der Waals surface area contributed by atoms with Crippen LogP contribution in [0.1, 0.15) is 27.2 Å². The number of nitrogens with zero attached hydrogens (tertiary/aromatic N) is 3. The second-order valence-corrected chi connectivity index (χ2v) is 6.40. The first kappa shape index (κ1) is 19.4. The molecule has 1 aromatic carbocycles. The van der Waals surface area contributed by atoms with Gasteiger partial charge in [0.1, 0.15) is 0 Å². The molecule has 0 unspecified atom stereocenters. The molecule has 1 aliphatic heterocycles. The average Bonchev–Trinajstić information content (AvgIpc) is 3.04. The Morgan fingerprint density at radius 3 is 2.56 bits per heavy atom. The molecule has 6 nitrogen and oxygen atoms in total. The quantitative estimate of drug-likeness (QED) is 0.862. The van der Waals surface area contributed by atoms with E-state index in [9.17, 15) is 18.0 Å². The van der Waals surface area contributed by atoms with E-state index in [2.05, 4.69) is 15.3 Å². The highest BCUT2D eigenvalue weighted by Crippen LogP contribution is 2.30. The molecule has 1 amide bonds. The lowest BCUT2D eigenvalue weighted by Crippen LogP contribution is -2.36. The molecule has 27 heavy (non-hydrogen) atoms. The van der Waals surface area contributed by atoms with E-state index >= 15 is 0 Å². The van der Waals surface area contributed by atoms with Crippen LogP contribution in [0.4, 0.5) is 13.2 Å². The fourth-order valence-corrected chi connectivity index (χ4v) is 3.02. The van der Waals surface area contributed by atoms with Crippen LogP contribution in [0.3, 0.4) is 0 Å². The molecule has 1 N–H and O–H groups in total. The minimum absolute atomic E-state index is 0.144. The van der Waals surface area contributed by atoms with Crippen LogP contribution >= 0.6 is 0 Å². The Balaban J connectivity index is 1.69. The minimum Gasteiger partial charge on any atom is -0.379 e. The number of aromatic nitrogens is 2. The van der Waals surface area contributed by atoms with E-state index in [0.29, 0.717) is 19.8 Å². The highest BCUT2D eigenvalue weighted by atomic mass is 19.4. The Bertz CT molecular complexity index is 798. The summed E-state index contributed by atoms with van der Waals surface area (Å²) in [6.07, 6.45) is -3.60. The number of ether oxygens (including phenoxy) is 1. The van der Waals surface area contributed by atoms with Crippen LogP contribution in [-0.4, -0.2) is 46.9 Å². The molecule has 1 aromatic heterocycles. The van der Waals surface area contributed by atoms with Crippen LogP contribution in [-0.2, 0) is 31.1 Å². The van der Waals surface area contributed by atoms with Crippen molar-refractivity contribution >= 4 is 5.91 Å². The summed E-state index contributed by atoms with van der Waals surface area (Å²) in [5, 5.41) is 5.95. The molecule has 0 spiro atoms. The van der Waals surface area contributed by atoms with Gasteiger partial charge in [-0.3, -0.25) is 14.4 Å². The van der Waals surface area contributed by atoms with Gasteiger partial charge in [-0.2, -0.15) is 18.3 Å². The molecule has 0 atom stereocenters. The van der Waals surface area contributed by atoms with Gasteiger partial charge in [-0.05, 0) is 11.1 Å². The van der Waals surface area contributed by atoms with E-state index in [1.54, 1.807) is 0 Å². The fourth-order valence-electron chi connectivity index (χ4n) is 3.02. The monoisotopic (exact) mass is 382 g/mol. The van der Waals surface area contributed by atoms with Crippen molar-refractivity contribution in [2.24, 2.45) is 7.05 Å². The molecule has 9 heteroatoms. The third-order valence-electron chi connectivity index (χ3n) is 4.40. The van der Waals surface area contributed by atoms with Crippen molar-refractivity contribution in [3.05, 3.63) is 52.8 Å². The number of hydrogen-bond donors (Lipinski definition) is 1. The van der Waals surface area contributed by atoms with Gasteiger partial charge in [0, 0.05) is 39.4 Å². The van der Waals surface area contributed by atoms with Gasteiger partial charge in [0.25, 0.3) is 5.91 Å². The number of hydrogen-bond acceptors (Lipinski definition) is 4. The minimum atomic E-state index is -4.68. The first-order valence-corrected chi connectivity index (χ1v) is 8.60. The molecule has 0 radical (unpaired) electrons. The van der Waals surface area contributed by atoms with Crippen LogP contribution < -0.4 is 5.32 Å². The Labute approximate surface area is 154 Å². The number of carbonyl (C=O) groups is 1. The maximum absolute atomic E-state index is 13.0. The number of amides is 1. The molecular weight excluding hydrogens is 361 g/mol. The summed E-state index contributed by atoms with van der Waals surface area (Å²) >= 11 is 0. The number of halogens is 3. The summed E-state index contributed by atoms with van der Waals surface area (Å²) in [5.41, 5.74) is 0.247. The van der Waals surface area contributed by atoms with Gasteiger partial charge in [-0.1, -0.05) is 24.3 Å². The molecule has 0 bridgehead atoms. The zero-order valence-electron chi connectivity index (χ0n) is 14.9. The first-order chi connectivity index (χ1) is 12.8. The van der Waals surface area contributed by atoms with Crippen LogP contribution in [0.2, 0.25) is 0 Å². The highest BCUT2D eigenvalue weighted by molar-refractivity contribution is 5.95. The molecule has 0 aliphatic carbocycles. The van der Waals surface area contributed by atoms with E-state index in [1.165, 1.54) is 7.05 Å². The zero-order chi connectivity index (χ0) is 19.4. The molecule has 146 valence electrons. The van der Waals surface area contributed by atoms with Crippen molar-refractivity contribution < 1.29 is 22.7 Å². The highest BCUT2D eigenvalue weighted by Gasteiger charge is 2.38. The summed E-state index contributed by atoms with van der Waals surface area (Å²) in [4.78, 5) is 14.6. The maximum Gasteiger partial charge on any atom is 0.435 e. The van der Waals surface area contributed by atoms with Crippen LogP contribution in [0.15, 0.2) is 30.5 Å². The van der Waals surface area contributed by atoms with E-state index in [1.807, 2.05) is 24.3 Å². The van der Waals surface area contributed by atoms with Gasteiger partial charge in [0.2, 0.25) is 0 Å². The normalized spacial score (nSPS) is 15.7. The lowest BCUT2D eigenvalue weighted by molar-refractivity contribution is -0.141. The summed E-state index contributed by atoms with van der Waals surface area (Å²) in [5.74, 6) is -0.795. The standard InChI is InChI=1S/C18H21F3N4O2/c1-24-12-15(16(23-24)18(19,20)21)17(26)22-10-13-4-2-3-5-14(13)11-25-6-8-27-9-7-25/h2-5,12H,6-11H2,1H3,(H,22,26). The average molecular weight is 382 g/mol. The van der Waals surface area contributed by atoms with Gasteiger partial charge in [0.15, 0.2) is 5.69 Å². The number of alkyl halides is 3. The van der Waals surface area contributed by atoms with E-state index < -0.39 is 23.3 Å². The van der Waals surface area contributed by atoms with Crippen molar-refractivity contribution in [1.29, 1.82) is 0 Å². The molecule has 1 fully saturated rings. The van der Waals surface area contributed by atoms with Gasteiger partial charge in [-0.25, -0.2) is 0 Å². The van der Waals surface area contributed by atoms with Crippen molar-refractivity contribution in [3.8, 4) is 0 Å². The van der Waals surface area contributed by atoms with Crippen molar-refractivity contribution in [1.82, 2.24) is 20.0 Å². The molecule has 3 rings (SSSR count). The lowest BCUT2D eigenvalue weighted by atomic mass is 10.1. The maximum atomic E-state index is 13.0. The summed E-state index contributed by atoms with van der Waals surface area (Å²) < 4.78 is 45.4. The summed E-state index contributed by atoms with van der Waals surface area (Å²) in [7, 11) is 1.35. The number of morpholine rings is 1. The van der Waals surface area contributed by atoms with E-state index in [4.69, 9.17) is 4.74 Å². The second-order valence-electron chi connectivity index (χ2n) is 6.40. The molecule has 1 saturated heterocycles. The topological polar surface area (TPSA) is 59.4 Å². The third kappa shape index (κ3) is 4.86. The summed E-state index contributed by atoms with van der Waals surface area (Å²) in [6.45, 7) is 3.86. The van der Waals surface area contributed by atoms with E-state index in [-0.39, 0.29) is 6.54 Å². The number of nitrogens with one attached hydrogen (secondary N) is 1. The molecule has 1 aliphatic rings. The SMILES string of the molecule is Cn1cc(C(=O)NCc2ccccc2CN2CCOCC2)c(C(F)(F)F)n1. The molecule has 2 aromatic rings. The van der Waals surface area contributed by atoms with Crippen molar-refractivity contribution in [3.63, 3.8) is 0 Å². The molecular formula is C18H21F3N4O2. The lowest BCUT2D eigenvalue weighted by Gasteiger charge is -2.27. The third-order valence-corrected chi connectivity index (χ3v) is 4.40. The zero-order valence-corrected chi connectivity index (χ0v) is 14.9. The Kier molecular flexibility index (Phi) is 5.81. The van der Waals surface area contributed by atoms with Gasteiger partial charge >= 0.3 is 6.18 Å². The Morgan fingerprint density at radius 2 is 1.89 bits per heavy atom. The second kappa shape index (κ2) is 8.10. The van der Waals surface area contributed by atoms with Crippen LogP contribution in [0.25, 0.3) is 0 Å². The predicted octanol–water partition coefficient (Wildman–Crippen LogP) is 2.20. The largest absolute Gasteiger partial charge is 0.435 e. The Hall–Kier alpha value is -2.39. The number of benzene rings is 1.